The molecule has 17 heavy (non-hydrogen) atoms. The Bertz CT molecular complexity index is 299. The van der Waals surface area contributed by atoms with Crippen LogP contribution < -0.4 is 5.32 Å². The summed E-state index contributed by atoms with van der Waals surface area (Å²) in [4.78, 5) is 23.0. The van der Waals surface area contributed by atoms with Gasteiger partial charge in [0.25, 0.3) is 0 Å². The van der Waals surface area contributed by atoms with Crippen molar-refractivity contribution >= 4 is 11.9 Å². The van der Waals surface area contributed by atoms with Crippen molar-refractivity contribution in [1.29, 1.82) is 0 Å². The number of carbonyl (C=O) groups excluding carboxylic acids is 1. The van der Waals surface area contributed by atoms with Crippen LogP contribution >= 0.6 is 0 Å². The summed E-state index contributed by atoms with van der Waals surface area (Å²) < 4.78 is 5.16. The Morgan fingerprint density at radius 1 is 1.18 bits per heavy atom. The van der Waals surface area contributed by atoms with Gasteiger partial charge in [-0.15, -0.1) is 0 Å². The minimum absolute atomic E-state index is 0.0411. The third-order valence-electron chi connectivity index (χ3n) is 3.71. The van der Waals surface area contributed by atoms with Gasteiger partial charge in [0.15, 0.2) is 0 Å². The summed E-state index contributed by atoms with van der Waals surface area (Å²) in [6, 6.07) is -0.200. The highest BCUT2D eigenvalue weighted by Gasteiger charge is 2.34. The first kappa shape index (κ1) is 12.4. The quantitative estimate of drug-likeness (QED) is 0.765. The van der Waals surface area contributed by atoms with Gasteiger partial charge in [-0.2, -0.15) is 0 Å². The molecule has 96 valence electrons. The van der Waals surface area contributed by atoms with Crippen LogP contribution in [0.1, 0.15) is 32.1 Å². The molecule has 1 saturated carbocycles. The molecule has 1 aliphatic heterocycles. The van der Waals surface area contributed by atoms with Gasteiger partial charge < -0.3 is 15.2 Å². The summed E-state index contributed by atoms with van der Waals surface area (Å²) in [5.74, 6) is -1.35. The van der Waals surface area contributed by atoms with Crippen LogP contribution in [0.2, 0.25) is 0 Å². The largest absolute Gasteiger partial charge is 0.481 e. The summed E-state index contributed by atoms with van der Waals surface area (Å²) in [7, 11) is 0. The predicted octanol–water partition coefficient (Wildman–Crippen LogP) is 0.782. The highest BCUT2D eigenvalue weighted by molar-refractivity contribution is 5.80. The molecule has 3 unspecified atom stereocenters. The molecule has 2 aliphatic rings. The minimum Gasteiger partial charge on any atom is -0.481 e. The Kier molecular flexibility index (Phi) is 3.99. The summed E-state index contributed by atoms with van der Waals surface area (Å²) in [5.41, 5.74) is 0. The molecule has 2 N–H and O–H groups in total. The topological polar surface area (TPSA) is 75.6 Å². The van der Waals surface area contributed by atoms with Gasteiger partial charge in [0.05, 0.1) is 18.4 Å². The molecule has 3 atom stereocenters. The second kappa shape index (κ2) is 5.49. The lowest BCUT2D eigenvalue weighted by molar-refractivity contribution is -0.144. The predicted molar refractivity (Wildman–Crippen MR) is 60.5 cm³/mol. The van der Waals surface area contributed by atoms with Crippen molar-refractivity contribution in [3.63, 3.8) is 0 Å². The molecule has 1 amide bonds. The fraction of sp³-hybridized carbons (Fsp3) is 0.833. The Labute approximate surface area is 101 Å². The molecule has 0 radical (unpaired) electrons. The van der Waals surface area contributed by atoms with E-state index in [2.05, 4.69) is 5.32 Å². The number of rotatable bonds is 3. The molecule has 0 bridgehead atoms. The van der Waals surface area contributed by atoms with E-state index >= 15 is 0 Å². The molecule has 0 spiro atoms. The SMILES string of the molecule is O=C(NC1CCCCC1C(=O)O)C1CCOC1. The monoisotopic (exact) mass is 241 g/mol. The van der Waals surface area contributed by atoms with Gasteiger partial charge in [0.2, 0.25) is 5.91 Å². The first-order valence-corrected chi connectivity index (χ1v) is 6.29. The van der Waals surface area contributed by atoms with Crippen LogP contribution in [0.15, 0.2) is 0 Å². The van der Waals surface area contributed by atoms with Crippen molar-refractivity contribution in [2.75, 3.05) is 13.2 Å². The molecule has 1 saturated heterocycles. The first-order chi connectivity index (χ1) is 8.18. The van der Waals surface area contributed by atoms with E-state index in [4.69, 9.17) is 9.84 Å². The van der Waals surface area contributed by atoms with Crippen LogP contribution in [0.25, 0.3) is 0 Å². The van der Waals surface area contributed by atoms with Crippen molar-refractivity contribution in [1.82, 2.24) is 5.32 Å². The van der Waals surface area contributed by atoms with Gasteiger partial charge in [0.1, 0.15) is 0 Å². The number of ether oxygens (including phenoxy) is 1. The number of amides is 1. The normalized spacial score (nSPS) is 33.3. The van der Waals surface area contributed by atoms with E-state index in [1.807, 2.05) is 0 Å². The second-order valence-electron chi connectivity index (χ2n) is 4.90. The Morgan fingerprint density at radius 3 is 2.59 bits per heavy atom. The molecule has 5 nitrogen and oxygen atoms in total. The molecule has 2 rings (SSSR count). The molecular weight excluding hydrogens is 222 g/mol. The maximum Gasteiger partial charge on any atom is 0.308 e. The third-order valence-corrected chi connectivity index (χ3v) is 3.71. The van der Waals surface area contributed by atoms with E-state index in [1.54, 1.807) is 0 Å². The fourth-order valence-corrected chi connectivity index (χ4v) is 2.64. The van der Waals surface area contributed by atoms with Crippen LogP contribution in [-0.4, -0.2) is 36.2 Å². The molecule has 0 aromatic heterocycles. The second-order valence-corrected chi connectivity index (χ2v) is 4.90. The third kappa shape index (κ3) is 2.97. The smallest absolute Gasteiger partial charge is 0.308 e. The van der Waals surface area contributed by atoms with Crippen LogP contribution in [0, 0.1) is 11.8 Å². The number of carboxylic acid groups (broad SMARTS) is 1. The number of hydrogen-bond acceptors (Lipinski definition) is 3. The summed E-state index contributed by atoms with van der Waals surface area (Å²) in [5, 5.41) is 12.0. The van der Waals surface area contributed by atoms with Crippen LogP contribution in [0.3, 0.4) is 0 Å². The average Bonchev–Trinajstić information content (AvgIpc) is 2.83. The van der Waals surface area contributed by atoms with Crippen LogP contribution in [0.4, 0.5) is 0 Å². The standard InChI is InChI=1S/C12H19NO4/c14-11(8-5-6-17-7-8)13-10-4-2-1-3-9(10)12(15)16/h8-10H,1-7H2,(H,13,14)(H,15,16). The van der Waals surface area contributed by atoms with Crippen molar-refractivity contribution in [3.8, 4) is 0 Å². The summed E-state index contributed by atoms with van der Waals surface area (Å²) in [6.07, 6.45) is 4.12. The highest BCUT2D eigenvalue weighted by atomic mass is 16.5. The lowest BCUT2D eigenvalue weighted by Crippen LogP contribution is -2.47. The lowest BCUT2D eigenvalue weighted by Gasteiger charge is -2.30. The van der Waals surface area contributed by atoms with Gasteiger partial charge in [-0.25, -0.2) is 0 Å². The number of carboxylic acids is 1. The number of aliphatic carboxylic acids is 1. The van der Waals surface area contributed by atoms with Gasteiger partial charge in [-0.05, 0) is 19.3 Å². The van der Waals surface area contributed by atoms with Crippen molar-refractivity contribution < 1.29 is 19.4 Å². The lowest BCUT2D eigenvalue weighted by atomic mass is 9.84. The maximum atomic E-state index is 11.9. The molecule has 0 aromatic rings. The Balaban J connectivity index is 1.90. The molecule has 2 fully saturated rings. The van der Waals surface area contributed by atoms with E-state index in [-0.39, 0.29) is 17.9 Å². The van der Waals surface area contributed by atoms with E-state index < -0.39 is 11.9 Å². The van der Waals surface area contributed by atoms with Crippen LogP contribution in [0.5, 0.6) is 0 Å². The zero-order valence-corrected chi connectivity index (χ0v) is 9.85. The van der Waals surface area contributed by atoms with Gasteiger partial charge >= 0.3 is 5.97 Å². The Morgan fingerprint density at radius 2 is 1.94 bits per heavy atom. The number of carbonyl (C=O) groups is 2. The first-order valence-electron chi connectivity index (χ1n) is 6.29. The number of hydrogen-bond donors (Lipinski definition) is 2. The molecule has 1 aliphatic carbocycles. The van der Waals surface area contributed by atoms with E-state index in [1.165, 1.54) is 0 Å². The van der Waals surface area contributed by atoms with E-state index in [9.17, 15) is 9.59 Å². The van der Waals surface area contributed by atoms with Gasteiger partial charge in [0, 0.05) is 12.6 Å². The maximum absolute atomic E-state index is 11.9. The van der Waals surface area contributed by atoms with Crippen molar-refractivity contribution in [3.05, 3.63) is 0 Å². The van der Waals surface area contributed by atoms with E-state index in [0.717, 1.165) is 25.7 Å². The summed E-state index contributed by atoms with van der Waals surface area (Å²) in [6.45, 7) is 1.10. The molecule has 0 aromatic carbocycles. The zero-order valence-electron chi connectivity index (χ0n) is 9.85. The average molecular weight is 241 g/mol. The molecule has 5 heteroatoms. The minimum atomic E-state index is -0.794. The van der Waals surface area contributed by atoms with Crippen LogP contribution in [-0.2, 0) is 14.3 Å². The molecular formula is C12H19NO4. The fourth-order valence-electron chi connectivity index (χ4n) is 2.64. The molecule has 1 heterocycles. The van der Waals surface area contributed by atoms with Crippen molar-refractivity contribution in [2.24, 2.45) is 11.8 Å². The van der Waals surface area contributed by atoms with Gasteiger partial charge in [-0.3, -0.25) is 9.59 Å². The van der Waals surface area contributed by atoms with Crippen molar-refractivity contribution in [2.45, 2.75) is 38.1 Å². The number of nitrogens with one attached hydrogen (secondary N) is 1. The summed E-state index contributed by atoms with van der Waals surface area (Å²) >= 11 is 0. The Hall–Kier alpha value is -1.10. The van der Waals surface area contributed by atoms with Gasteiger partial charge in [-0.1, -0.05) is 12.8 Å². The highest BCUT2D eigenvalue weighted by Crippen LogP contribution is 2.25. The van der Waals surface area contributed by atoms with E-state index in [0.29, 0.717) is 19.6 Å². The zero-order chi connectivity index (χ0) is 12.3.